The van der Waals surface area contributed by atoms with Gasteiger partial charge in [-0.2, -0.15) is 0 Å². The molecule has 1 rings (SSSR count). The number of hydrogen-bond donors (Lipinski definition) is 0. The highest BCUT2D eigenvalue weighted by molar-refractivity contribution is 5.47. The minimum absolute atomic E-state index is 1.12. The van der Waals surface area contributed by atoms with Crippen molar-refractivity contribution in [3.8, 4) is 0 Å². The summed E-state index contributed by atoms with van der Waals surface area (Å²) in [6.45, 7) is 11.0. The van der Waals surface area contributed by atoms with Gasteiger partial charge in [0, 0.05) is 0 Å². The van der Waals surface area contributed by atoms with E-state index >= 15 is 0 Å². The molecule has 0 bridgehead atoms. The van der Waals surface area contributed by atoms with Crippen LogP contribution in [0.3, 0.4) is 0 Å². The molecule has 0 aliphatic heterocycles. The molecule has 0 N–H and O–H groups in total. The van der Waals surface area contributed by atoms with Crippen LogP contribution in [0.15, 0.2) is 6.07 Å². The van der Waals surface area contributed by atoms with Crippen molar-refractivity contribution >= 4 is 0 Å². The summed E-state index contributed by atoms with van der Waals surface area (Å²) in [6.07, 6.45) is 3.43. The number of rotatable bonds is 2. The summed E-state index contributed by atoms with van der Waals surface area (Å²) in [4.78, 5) is 0. The van der Waals surface area contributed by atoms with Crippen LogP contribution in [0.2, 0.25) is 0 Å². The summed E-state index contributed by atoms with van der Waals surface area (Å²) in [5.41, 5.74) is 7.13. The van der Waals surface area contributed by atoms with E-state index in [1.54, 1.807) is 0 Å². The predicted molar refractivity (Wildman–Crippen MR) is 59.1 cm³/mol. The fourth-order valence-electron chi connectivity index (χ4n) is 1.82. The van der Waals surface area contributed by atoms with Crippen molar-refractivity contribution in [2.75, 3.05) is 0 Å². The molecule has 0 heteroatoms. The highest BCUT2D eigenvalue weighted by atomic mass is 14.1. The van der Waals surface area contributed by atoms with E-state index in [2.05, 4.69) is 47.1 Å². The van der Waals surface area contributed by atoms with Gasteiger partial charge in [-0.05, 0) is 68.4 Å². The Morgan fingerprint density at radius 2 is 1.62 bits per heavy atom. The zero-order valence-corrected chi connectivity index (χ0v) is 9.36. The van der Waals surface area contributed by atoms with Crippen molar-refractivity contribution in [3.05, 3.63) is 40.3 Å². The fourth-order valence-corrected chi connectivity index (χ4v) is 1.82. The lowest BCUT2D eigenvalue weighted by atomic mass is 9.92. The molecule has 13 heavy (non-hydrogen) atoms. The van der Waals surface area contributed by atoms with Crippen LogP contribution < -0.4 is 0 Å². The molecule has 0 unspecified atom stereocenters. The molecular weight excluding hydrogens is 156 g/mol. The van der Waals surface area contributed by atoms with E-state index in [4.69, 9.17) is 0 Å². The van der Waals surface area contributed by atoms with Gasteiger partial charge in [0.2, 0.25) is 0 Å². The molecule has 0 atom stereocenters. The van der Waals surface area contributed by atoms with Crippen molar-refractivity contribution in [2.24, 2.45) is 0 Å². The number of aryl methyl sites for hydroxylation is 2. The third kappa shape index (κ3) is 1.93. The average molecular weight is 175 g/mol. The molecule has 1 radical (unpaired) electrons. The van der Waals surface area contributed by atoms with Gasteiger partial charge in [0.15, 0.2) is 0 Å². The second kappa shape index (κ2) is 3.95. The molecule has 71 valence electrons. The summed E-state index contributed by atoms with van der Waals surface area (Å²) in [7, 11) is 0. The number of hydrogen-bond acceptors (Lipinski definition) is 0. The van der Waals surface area contributed by atoms with E-state index in [9.17, 15) is 0 Å². The molecule has 0 amide bonds. The van der Waals surface area contributed by atoms with Crippen molar-refractivity contribution in [1.82, 2.24) is 0 Å². The quantitative estimate of drug-likeness (QED) is 0.640. The molecule has 0 aliphatic rings. The van der Waals surface area contributed by atoms with Gasteiger partial charge in [-0.25, -0.2) is 0 Å². The standard InChI is InChI=1S/C13H19/c1-6-7-13-10(3)8-9(2)11(4)12(13)5/h7-8H,6H2,1-5H3. The van der Waals surface area contributed by atoms with Crippen LogP contribution >= 0.6 is 0 Å². The van der Waals surface area contributed by atoms with Crippen LogP contribution in [0.5, 0.6) is 0 Å². The summed E-state index contributed by atoms with van der Waals surface area (Å²) >= 11 is 0. The first kappa shape index (κ1) is 10.3. The maximum atomic E-state index is 2.32. The summed E-state index contributed by atoms with van der Waals surface area (Å²) < 4.78 is 0. The molecular formula is C13H19. The Bertz CT molecular complexity index is 308. The molecule has 0 fully saturated rings. The van der Waals surface area contributed by atoms with Crippen LogP contribution in [-0.4, -0.2) is 0 Å². The molecule has 0 heterocycles. The van der Waals surface area contributed by atoms with Crippen LogP contribution in [0, 0.1) is 34.1 Å². The Labute approximate surface area is 82.0 Å². The predicted octanol–water partition coefficient (Wildman–Crippen LogP) is 3.88. The first-order valence-electron chi connectivity index (χ1n) is 4.98. The van der Waals surface area contributed by atoms with Gasteiger partial charge in [-0.3, -0.25) is 0 Å². The first-order valence-corrected chi connectivity index (χ1v) is 4.98. The van der Waals surface area contributed by atoms with Gasteiger partial charge in [-0.15, -0.1) is 0 Å². The third-order valence-corrected chi connectivity index (χ3v) is 2.82. The maximum Gasteiger partial charge on any atom is -0.00903 e. The Morgan fingerprint density at radius 3 is 2.15 bits per heavy atom. The Hall–Kier alpha value is -0.780. The Balaban J connectivity index is 3.26. The molecule has 0 nitrogen and oxygen atoms in total. The molecule has 0 saturated carbocycles. The summed E-state index contributed by atoms with van der Waals surface area (Å²) in [6, 6.07) is 2.28. The Morgan fingerprint density at radius 1 is 1.00 bits per heavy atom. The van der Waals surface area contributed by atoms with E-state index in [1.807, 2.05) is 0 Å². The molecule has 0 aliphatic carbocycles. The van der Waals surface area contributed by atoms with E-state index in [-0.39, 0.29) is 0 Å². The summed E-state index contributed by atoms with van der Waals surface area (Å²) in [5, 5.41) is 0. The number of benzene rings is 1. The van der Waals surface area contributed by atoms with Gasteiger partial charge >= 0.3 is 0 Å². The van der Waals surface area contributed by atoms with E-state index in [0.717, 1.165) is 6.42 Å². The van der Waals surface area contributed by atoms with Crippen LogP contribution in [-0.2, 0) is 0 Å². The minimum atomic E-state index is 1.12. The monoisotopic (exact) mass is 175 g/mol. The van der Waals surface area contributed by atoms with E-state index < -0.39 is 0 Å². The van der Waals surface area contributed by atoms with Crippen molar-refractivity contribution in [2.45, 2.75) is 41.0 Å². The van der Waals surface area contributed by atoms with E-state index in [1.165, 1.54) is 27.8 Å². The Kier molecular flexibility index (Phi) is 3.13. The second-order valence-electron chi connectivity index (χ2n) is 3.79. The molecule has 0 spiro atoms. The topological polar surface area (TPSA) is 0 Å². The van der Waals surface area contributed by atoms with E-state index in [0.29, 0.717) is 0 Å². The van der Waals surface area contributed by atoms with Gasteiger partial charge in [-0.1, -0.05) is 13.0 Å². The zero-order chi connectivity index (χ0) is 10.0. The van der Waals surface area contributed by atoms with Crippen molar-refractivity contribution < 1.29 is 0 Å². The third-order valence-electron chi connectivity index (χ3n) is 2.82. The zero-order valence-electron chi connectivity index (χ0n) is 9.36. The molecule has 0 saturated heterocycles. The van der Waals surface area contributed by atoms with Crippen LogP contribution in [0.25, 0.3) is 0 Å². The lowest BCUT2D eigenvalue weighted by molar-refractivity contribution is 1.08. The fraction of sp³-hybridized carbons (Fsp3) is 0.462. The molecule has 1 aromatic carbocycles. The van der Waals surface area contributed by atoms with Crippen LogP contribution in [0.1, 0.15) is 41.2 Å². The smallest absolute Gasteiger partial charge is 0.00903 e. The van der Waals surface area contributed by atoms with Gasteiger partial charge in [0.1, 0.15) is 0 Å². The molecule has 1 aromatic rings. The minimum Gasteiger partial charge on any atom is -0.0648 e. The largest absolute Gasteiger partial charge is 0.0648 e. The highest BCUT2D eigenvalue weighted by Crippen LogP contribution is 2.23. The lowest BCUT2D eigenvalue weighted by Gasteiger charge is -2.13. The van der Waals surface area contributed by atoms with Gasteiger partial charge in [0.05, 0.1) is 0 Å². The first-order chi connectivity index (χ1) is 6.07. The lowest BCUT2D eigenvalue weighted by Crippen LogP contribution is -1.97. The highest BCUT2D eigenvalue weighted by Gasteiger charge is 2.06. The average Bonchev–Trinajstić information content (AvgIpc) is 2.09. The SMILES string of the molecule is CC[CH]c1c(C)cc(C)c(C)c1C. The summed E-state index contributed by atoms with van der Waals surface area (Å²) in [5.74, 6) is 0. The van der Waals surface area contributed by atoms with Crippen molar-refractivity contribution in [1.29, 1.82) is 0 Å². The van der Waals surface area contributed by atoms with Gasteiger partial charge in [0.25, 0.3) is 0 Å². The normalized spacial score (nSPS) is 10.5. The van der Waals surface area contributed by atoms with Crippen molar-refractivity contribution in [3.63, 3.8) is 0 Å². The van der Waals surface area contributed by atoms with Crippen LogP contribution in [0.4, 0.5) is 0 Å². The molecule has 0 aromatic heterocycles. The maximum absolute atomic E-state index is 2.32. The van der Waals surface area contributed by atoms with Gasteiger partial charge < -0.3 is 0 Å². The second-order valence-corrected chi connectivity index (χ2v) is 3.79.